The molecule has 0 amide bonds. The summed E-state index contributed by atoms with van der Waals surface area (Å²) in [5, 5.41) is 8.00. The third kappa shape index (κ3) is 3.30. The summed E-state index contributed by atoms with van der Waals surface area (Å²) < 4.78 is 0. The predicted octanol–water partition coefficient (Wildman–Crippen LogP) is 2.13. The fourth-order valence-electron chi connectivity index (χ4n) is 2.40. The molecule has 3 rings (SSSR count). The largest absolute Gasteiger partial charge is 0.363 e. The zero-order valence-corrected chi connectivity index (χ0v) is 13.4. The van der Waals surface area contributed by atoms with Crippen molar-refractivity contribution in [3.05, 3.63) is 35.9 Å². The number of para-hydroxylation sites is 1. The van der Waals surface area contributed by atoms with Crippen molar-refractivity contribution in [3.8, 4) is 0 Å². The first-order valence-electron chi connectivity index (χ1n) is 7.70. The van der Waals surface area contributed by atoms with Crippen LogP contribution in [0.1, 0.15) is 18.4 Å². The second kappa shape index (κ2) is 6.22. The van der Waals surface area contributed by atoms with Gasteiger partial charge >= 0.3 is 0 Å². The Labute approximate surface area is 131 Å². The van der Waals surface area contributed by atoms with E-state index in [-0.39, 0.29) is 0 Å². The van der Waals surface area contributed by atoms with Gasteiger partial charge < -0.3 is 15.5 Å². The quantitative estimate of drug-likeness (QED) is 0.670. The SMILES string of the molecule is CN=C(NCc1cc(N(C)C)nc2ccccc12)NC1CC1. The molecule has 0 spiro atoms. The van der Waals surface area contributed by atoms with Gasteiger partial charge in [0.25, 0.3) is 0 Å². The van der Waals surface area contributed by atoms with E-state index in [1.54, 1.807) is 0 Å². The van der Waals surface area contributed by atoms with Crippen molar-refractivity contribution in [1.29, 1.82) is 0 Å². The first kappa shape index (κ1) is 14.6. The molecular formula is C17H23N5. The van der Waals surface area contributed by atoms with Crippen LogP contribution in [0.5, 0.6) is 0 Å². The molecule has 5 nitrogen and oxygen atoms in total. The Bertz CT molecular complexity index is 689. The van der Waals surface area contributed by atoms with Crippen LogP contribution in [0.25, 0.3) is 10.9 Å². The first-order valence-corrected chi connectivity index (χ1v) is 7.70. The van der Waals surface area contributed by atoms with Crippen LogP contribution in [0.4, 0.5) is 5.82 Å². The average Bonchev–Trinajstić information content (AvgIpc) is 3.34. The maximum Gasteiger partial charge on any atom is 0.191 e. The van der Waals surface area contributed by atoms with E-state index in [1.807, 2.05) is 32.1 Å². The number of fused-ring (bicyclic) bond motifs is 1. The molecule has 116 valence electrons. The highest BCUT2D eigenvalue weighted by Gasteiger charge is 2.22. The normalized spacial score (nSPS) is 15.0. The number of pyridine rings is 1. The number of hydrogen-bond acceptors (Lipinski definition) is 3. The van der Waals surface area contributed by atoms with Crippen molar-refractivity contribution >= 4 is 22.7 Å². The van der Waals surface area contributed by atoms with Crippen LogP contribution < -0.4 is 15.5 Å². The summed E-state index contributed by atoms with van der Waals surface area (Å²) in [4.78, 5) is 11.0. The molecule has 0 saturated heterocycles. The lowest BCUT2D eigenvalue weighted by molar-refractivity contribution is 0.807. The topological polar surface area (TPSA) is 52.6 Å². The van der Waals surface area contributed by atoms with Crippen LogP contribution in [-0.2, 0) is 6.54 Å². The van der Waals surface area contributed by atoms with E-state index in [1.165, 1.54) is 23.8 Å². The maximum absolute atomic E-state index is 4.69. The summed E-state index contributed by atoms with van der Waals surface area (Å²) in [5.41, 5.74) is 2.25. The van der Waals surface area contributed by atoms with Gasteiger partial charge in [0.1, 0.15) is 5.82 Å². The lowest BCUT2D eigenvalue weighted by atomic mass is 10.1. The molecule has 0 bridgehead atoms. The monoisotopic (exact) mass is 297 g/mol. The van der Waals surface area contributed by atoms with Gasteiger partial charge in [-0.25, -0.2) is 4.98 Å². The van der Waals surface area contributed by atoms with Gasteiger partial charge in [0.2, 0.25) is 0 Å². The molecule has 0 aliphatic heterocycles. The highest BCUT2D eigenvalue weighted by Crippen LogP contribution is 2.22. The summed E-state index contributed by atoms with van der Waals surface area (Å²) in [6.45, 7) is 0.732. The van der Waals surface area contributed by atoms with Gasteiger partial charge in [-0.2, -0.15) is 0 Å². The number of rotatable bonds is 4. The molecule has 2 aromatic rings. The van der Waals surface area contributed by atoms with Crippen LogP contribution >= 0.6 is 0 Å². The van der Waals surface area contributed by atoms with Crippen LogP contribution in [0.3, 0.4) is 0 Å². The molecule has 0 radical (unpaired) electrons. The average molecular weight is 297 g/mol. The molecule has 1 saturated carbocycles. The second-order valence-electron chi connectivity index (χ2n) is 5.90. The van der Waals surface area contributed by atoms with Crippen LogP contribution in [0.2, 0.25) is 0 Å². The Kier molecular flexibility index (Phi) is 4.13. The summed E-state index contributed by atoms with van der Waals surface area (Å²) in [7, 11) is 5.84. The smallest absolute Gasteiger partial charge is 0.191 e. The molecule has 0 unspecified atom stereocenters. The van der Waals surface area contributed by atoms with E-state index >= 15 is 0 Å². The van der Waals surface area contributed by atoms with Crippen LogP contribution in [0.15, 0.2) is 35.3 Å². The fraction of sp³-hybridized carbons (Fsp3) is 0.412. The van der Waals surface area contributed by atoms with Crippen molar-refractivity contribution in [2.45, 2.75) is 25.4 Å². The Morgan fingerprint density at radius 2 is 2.09 bits per heavy atom. The molecule has 5 heteroatoms. The molecule has 1 aromatic heterocycles. The van der Waals surface area contributed by atoms with Gasteiger partial charge in [-0.3, -0.25) is 4.99 Å². The van der Waals surface area contributed by atoms with E-state index in [0.717, 1.165) is 23.8 Å². The van der Waals surface area contributed by atoms with Gasteiger partial charge in [0, 0.05) is 39.1 Å². The maximum atomic E-state index is 4.69. The summed E-state index contributed by atoms with van der Waals surface area (Å²) in [6.07, 6.45) is 2.48. The van der Waals surface area contributed by atoms with Gasteiger partial charge in [0.15, 0.2) is 5.96 Å². The standard InChI is InChI=1S/C17H23N5/c1-18-17(20-13-8-9-13)19-11-12-10-16(22(2)3)21-15-7-5-4-6-14(12)15/h4-7,10,13H,8-9,11H2,1-3H3,(H2,18,19,20). The van der Waals surface area contributed by atoms with Gasteiger partial charge in [-0.05, 0) is 30.5 Å². The van der Waals surface area contributed by atoms with Gasteiger partial charge in [-0.15, -0.1) is 0 Å². The molecule has 0 atom stereocenters. The second-order valence-corrected chi connectivity index (χ2v) is 5.90. The number of anilines is 1. The van der Waals surface area contributed by atoms with Gasteiger partial charge in [-0.1, -0.05) is 18.2 Å². The number of guanidine groups is 1. The molecule has 1 fully saturated rings. The molecule has 1 aliphatic carbocycles. The Morgan fingerprint density at radius 3 is 2.77 bits per heavy atom. The number of aromatic nitrogens is 1. The van der Waals surface area contributed by atoms with Crippen molar-refractivity contribution in [2.24, 2.45) is 4.99 Å². The van der Waals surface area contributed by atoms with E-state index in [2.05, 4.69) is 39.9 Å². The van der Waals surface area contributed by atoms with Crippen molar-refractivity contribution in [2.75, 3.05) is 26.0 Å². The number of nitrogens with one attached hydrogen (secondary N) is 2. The van der Waals surface area contributed by atoms with Crippen molar-refractivity contribution in [3.63, 3.8) is 0 Å². The predicted molar refractivity (Wildman–Crippen MR) is 92.4 cm³/mol. The van der Waals surface area contributed by atoms with E-state index in [9.17, 15) is 0 Å². The number of aliphatic imine (C=N–C) groups is 1. The highest BCUT2D eigenvalue weighted by atomic mass is 15.2. The minimum atomic E-state index is 0.595. The fourth-order valence-corrected chi connectivity index (χ4v) is 2.40. The van der Waals surface area contributed by atoms with E-state index < -0.39 is 0 Å². The van der Waals surface area contributed by atoms with Gasteiger partial charge in [0.05, 0.1) is 5.52 Å². The molecule has 1 heterocycles. The lowest BCUT2D eigenvalue weighted by Gasteiger charge is -2.16. The van der Waals surface area contributed by atoms with E-state index in [0.29, 0.717) is 6.04 Å². The Balaban J connectivity index is 1.84. The molecule has 1 aliphatic rings. The van der Waals surface area contributed by atoms with Crippen molar-refractivity contribution < 1.29 is 0 Å². The minimum Gasteiger partial charge on any atom is -0.363 e. The highest BCUT2D eigenvalue weighted by molar-refractivity contribution is 5.85. The molecule has 2 N–H and O–H groups in total. The number of nitrogens with zero attached hydrogens (tertiary/aromatic N) is 3. The summed E-state index contributed by atoms with van der Waals surface area (Å²) >= 11 is 0. The number of hydrogen-bond donors (Lipinski definition) is 2. The Morgan fingerprint density at radius 1 is 1.32 bits per heavy atom. The minimum absolute atomic E-state index is 0.595. The molecule has 1 aromatic carbocycles. The van der Waals surface area contributed by atoms with Crippen LogP contribution in [-0.4, -0.2) is 38.1 Å². The lowest BCUT2D eigenvalue weighted by Crippen LogP contribution is -2.38. The number of benzene rings is 1. The zero-order chi connectivity index (χ0) is 15.5. The summed E-state index contributed by atoms with van der Waals surface area (Å²) in [5.74, 6) is 1.84. The molecule has 22 heavy (non-hydrogen) atoms. The Hall–Kier alpha value is -2.30. The third-order valence-electron chi connectivity index (χ3n) is 3.83. The zero-order valence-electron chi connectivity index (χ0n) is 13.4. The van der Waals surface area contributed by atoms with Crippen LogP contribution in [0, 0.1) is 0 Å². The van der Waals surface area contributed by atoms with Crippen molar-refractivity contribution in [1.82, 2.24) is 15.6 Å². The summed E-state index contributed by atoms with van der Waals surface area (Å²) in [6, 6.07) is 11.0. The first-order chi connectivity index (χ1) is 10.7. The molecular weight excluding hydrogens is 274 g/mol. The third-order valence-corrected chi connectivity index (χ3v) is 3.83. The van der Waals surface area contributed by atoms with E-state index in [4.69, 9.17) is 4.98 Å².